The summed E-state index contributed by atoms with van der Waals surface area (Å²) in [5, 5.41) is 19.5. The molecule has 0 aliphatic heterocycles. The molecule has 82 valence electrons. The number of halogens is 3. The van der Waals surface area contributed by atoms with E-state index in [1.165, 1.54) is 0 Å². The smallest absolute Gasteiger partial charge is 0.314 e. The van der Waals surface area contributed by atoms with Gasteiger partial charge in [-0.25, -0.2) is 13.8 Å². The van der Waals surface area contributed by atoms with Gasteiger partial charge in [-0.2, -0.15) is 0 Å². The van der Waals surface area contributed by atoms with Gasteiger partial charge in [0.1, 0.15) is 0 Å². The van der Waals surface area contributed by atoms with E-state index in [1.807, 2.05) is 0 Å². The van der Waals surface area contributed by atoms with Crippen LogP contribution in [0.4, 0.5) is 14.5 Å². The van der Waals surface area contributed by atoms with Gasteiger partial charge in [-0.1, -0.05) is 0 Å². The van der Waals surface area contributed by atoms with Crippen molar-refractivity contribution < 1.29 is 18.8 Å². The molecular formula is C7H5ClF2N2O3. The molecule has 0 aromatic carbocycles. The average molecular weight is 239 g/mol. The minimum absolute atomic E-state index is 0.0866. The highest BCUT2D eigenvalue weighted by molar-refractivity contribution is 6.16. The van der Waals surface area contributed by atoms with Crippen LogP contribution < -0.4 is 0 Å². The Morgan fingerprint density at radius 1 is 1.67 bits per heavy atom. The molecule has 1 aromatic rings. The van der Waals surface area contributed by atoms with Gasteiger partial charge in [-0.05, 0) is 0 Å². The number of hydrogen-bond acceptors (Lipinski definition) is 4. The summed E-state index contributed by atoms with van der Waals surface area (Å²) in [6.07, 6.45) is -3.09. The Bertz CT molecular complexity index is 400. The predicted molar refractivity (Wildman–Crippen MR) is 47.1 cm³/mol. The predicted octanol–water partition coefficient (Wildman–Crippen LogP) is 2.37. The van der Waals surface area contributed by atoms with Crippen LogP contribution >= 0.6 is 11.6 Å². The van der Waals surface area contributed by atoms with Crippen molar-refractivity contribution in [2.45, 2.75) is 12.3 Å². The summed E-state index contributed by atoms with van der Waals surface area (Å²) >= 11 is 5.32. The summed E-state index contributed by atoms with van der Waals surface area (Å²) in [7, 11) is 0. The second-order valence-corrected chi connectivity index (χ2v) is 2.83. The highest BCUT2D eigenvalue weighted by Crippen LogP contribution is 2.35. The summed E-state index contributed by atoms with van der Waals surface area (Å²) in [4.78, 5) is 12.7. The lowest BCUT2D eigenvalue weighted by molar-refractivity contribution is -0.386. The van der Waals surface area contributed by atoms with E-state index in [2.05, 4.69) is 4.98 Å². The van der Waals surface area contributed by atoms with E-state index in [0.717, 1.165) is 6.07 Å². The van der Waals surface area contributed by atoms with Crippen molar-refractivity contribution in [1.29, 1.82) is 0 Å². The van der Waals surface area contributed by atoms with Crippen molar-refractivity contribution in [3.63, 3.8) is 0 Å². The van der Waals surface area contributed by atoms with E-state index in [9.17, 15) is 18.9 Å². The lowest BCUT2D eigenvalue weighted by Crippen LogP contribution is -2.00. The number of aromatic nitrogens is 1. The van der Waals surface area contributed by atoms with Crippen LogP contribution in [0.5, 0.6) is 5.75 Å². The summed E-state index contributed by atoms with van der Waals surface area (Å²) < 4.78 is 24.6. The Morgan fingerprint density at radius 2 is 2.27 bits per heavy atom. The van der Waals surface area contributed by atoms with Gasteiger partial charge >= 0.3 is 5.69 Å². The van der Waals surface area contributed by atoms with Crippen LogP contribution in [0, 0.1) is 10.1 Å². The van der Waals surface area contributed by atoms with Gasteiger partial charge in [0.2, 0.25) is 5.75 Å². The number of rotatable bonds is 3. The Kier molecular flexibility index (Phi) is 3.35. The Balaban J connectivity index is 3.40. The SMILES string of the molecule is O=[N+]([O-])c1cc(CCl)nc(C(F)F)c1O. The molecule has 1 aromatic heterocycles. The van der Waals surface area contributed by atoms with Crippen LogP contribution in [0.25, 0.3) is 0 Å². The average Bonchev–Trinajstić information content (AvgIpc) is 2.17. The fourth-order valence-corrected chi connectivity index (χ4v) is 1.09. The van der Waals surface area contributed by atoms with Crippen LogP contribution in [0.3, 0.4) is 0 Å². The first-order chi connectivity index (χ1) is 6.97. The zero-order valence-electron chi connectivity index (χ0n) is 7.15. The number of hydrogen-bond donors (Lipinski definition) is 1. The zero-order chi connectivity index (χ0) is 11.6. The topological polar surface area (TPSA) is 76.3 Å². The minimum atomic E-state index is -3.09. The molecule has 0 aliphatic rings. The first-order valence-electron chi connectivity index (χ1n) is 3.68. The number of pyridine rings is 1. The van der Waals surface area contributed by atoms with E-state index >= 15 is 0 Å². The molecule has 0 bridgehead atoms. The first-order valence-corrected chi connectivity index (χ1v) is 4.22. The molecule has 0 unspecified atom stereocenters. The fourth-order valence-electron chi connectivity index (χ4n) is 0.957. The molecule has 1 N–H and O–H groups in total. The second kappa shape index (κ2) is 4.35. The number of nitro groups is 1. The molecule has 1 rings (SSSR count). The monoisotopic (exact) mass is 238 g/mol. The Morgan fingerprint density at radius 3 is 2.67 bits per heavy atom. The standard InChI is InChI=1S/C7H5ClF2N2O3/c8-2-3-1-4(12(14)15)6(13)5(11-3)7(9)10/h1,7,13H,2H2. The molecule has 0 saturated heterocycles. The third-order valence-electron chi connectivity index (χ3n) is 1.59. The van der Waals surface area contributed by atoms with E-state index < -0.39 is 28.5 Å². The maximum atomic E-state index is 12.3. The lowest BCUT2D eigenvalue weighted by atomic mass is 10.2. The van der Waals surface area contributed by atoms with Gasteiger partial charge in [0.05, 0.1) is 16.5 Å². The summed E-state index contributed by atoms with van der Waals surface area (Å²) in [6.45, 7) is 0. The summed E-state index contributed by atoms with van der Waals surface area (Å²) in [5.41, 5.74) is -1.94. The van der Waals surface area contributed by atoms with Crippen molar-refractivity contribution in [3.05, 3.63) is 27.6 Å². The molecular weight excluding hydrogens is 234 g/mol. The zero-order valence-corrected chi connectivity index (χ0v) is 7.91. The molecule has 0 amide bonds. The molecule has 1 heterocycles. The molecule has 8 heteroatoms. The van der Waals surface area contributed by atoms with Gasteiger partial charge in [0.25, 0.3) is 6.43 Å². The quantitative estimate of drug-likeness (QED) is 0.498. The molecule has 15 heavy (non-hydrogen) atoms. The molecule has 5 nitrogen and oxygen atoms in total. The molecule has 0 spiro atoms. The third-order valence-corrected chi connectivity index (χ3v) is 1.87. The number of alkyl halides is 3. The maximum Gasteiger partial charge on any atom is 0.314 e. The van der Waals surface area contributed by atoms with Gasteiger partial charge < -0.3 is 5.11 Å². The second-order valence-electron chi connectivity index (χ2n) is 2.56. The Labute approximate surface area is 87.5 Å². The van der Waals surface area contributed by atoms with E-state index in [4.69, 9.17) is 16.7 Å². The highest BCUT2D eigenvalue weighted by Gasteiger charge is 2.25. The van der Waals surface area contributed by atoms with Gasteiger partial charge in [-0.15, -0.1) is 11.6 Å². The van der Waals surface area contributed by atoms with Crippen molar-refractivity contribution >= 4 is 17.3 Å². The largest absolute Gasteiger partial charge is 0.501 e. The van der Waals surface area contributed by atoms with Crippen LogP contribution in [-0.4, -0.2) is 15.0 Å². The van der Waals surface area contributed by atoms with Crippen molar-refractivity contribution in [2.75, 3.05) is 0 Å². The molecule has 0 radical (unpaired) electrons. The van der Waals surface area contributed by atoms with Crippen molar-refractivity contribution in [3.8, 4) is 5.75 Å². The van der Waals surface area contributed by atoms with Gasteiger partial charge in [0.15, 0.2) is 5.69 Å². The van der Waals surface area contributed by atoms with Crippen molar-refractivity contribution in [2.24, 2.45) is 0 Å². The van der Waals surface area contributed by atoms with Gasteiger partial charge in [0, 0.05) is 6.07 Å². The van der Waals surface area contributed by atoms with E-state index in [1.54, 1.807) is 0 Å². The lowest BCUT2D eigenvalue weighted by Gasteiger charge is -2.04. The molecule has 0 fully saturated rings. The van der Waals surface area contributed by atoms with Crippen LogP contribution in [0.1, 0.15) is 17.8 Å². The fraction of sp³-hybridized carbons (Fsp3) is 0.286. The molecule has 0 atom stereocenters. The van der Waals surface area contributed by atoms with Crippen LogP contribution in [-0.2, 0) is 5.88 Å². The Hall–Kier alpha value is -1.50. The summed E-state index contributed by atoms with van der Waals surface area (Å²) in [5.74, 6) is -1.37. The minimum Gasteiger partial charge on any atom is -0.501 e. The first kappa shape index (κ1) is 11.6. The highest BCUT2D eigenvalue weighted by atomic mass is 35.5. The third kappa shape index (κ3) is 2.30. The van der Waals surface area contributed by atoms with Gasteiger partial charge in [-0.3, -0.25) is 10.1 Å². The normalized spacial score (nSPS) is 10.7. The van der Waals surface area contributed by atoms with E-state index in [-0.39, 0.29) is 11.6 Å². The van der Waals surface area contributed by atoms with Crippen LogP contribution in [0.15, 0.2) is 6.07 Å². The number of nitrogens with zero attached hydrogens (tertiary/aromatic N) is 2. The maximum absolute atomic E-state index is 12.3. The molecule has 0 aliphatic carbocycles. The molecule has 0 saturated carbocycles. The number of aromatic hydroxyl groups is 1. The van der Waals surface area contributed by atoms with Crippen LogP contribution in [0.2, 0.25) is 0 Å². The summed E-state index contributed by atoms with van der Waals surface area (Å²) in [6, 6.07) is 0.855. The van der Waals surface area contributed by atoms with Crippen molar-refractivity contribution in [1.82, 2.24) is 4.98 Å². The van der Waals surface area contributed by atoms with E-state index in [0.29, 0.717) is 0 Å².